The van der Waals surface area contributed by atoms with Crippen LogP contribution in [0.3, 0.4) is 0 Å². The molecule has 0 aliphatic heterocycles. The molecule has 0 unspecified atom stereocenters. The van der Waals surface area contributed by atoms with Gasteiger partial charge in [0.1, 0.15) is 0 Å². The summed E-state index contributed by atoms with van der Waals surface area (Å²) in [6.07, 6.45) is 0. The molecular formula is C15H15ClN2O2. The molecule has 1 amide bonds. The Morgan fingerprint density at radius 3 is 2.60 bits per heavy atom. The fraction of sp³-hybridized carbons (Fsp3) is 0.133. The minimum absolute atomic E-state index is 0.314. The molecule has 0 fully saturated rings. The predicted octanol–water partition coefficient (Wildman–Crippen LogP) is 3.49. The summed E-state index contributed by atoms with van der Waals surface area (Å²) in [5.74, 6) is 0.0417. The number of amides is 1. The van der Waals surface area contributed by atoms with Gasteiger partial charge in [-0.25, -0.2) is 0 Å². The number of nitrogens with one attached hydrogen (secondary N) is 1. The predicted molar refractivity (Wildman–Crippen MR) is 81.5 cm³/mol. The summed E-state index contributed by atoms with van der Waals surface area (Å²) in [5.41, 5.74) is 8.04. The quantitative estimate of drug-likeness (QED) is 0.851. The number of anilines is 2. The maximum atomic E-state index is 12.3. The number of hydrogen-bond acceptors (Lipinski definition) is 3. The van der Waals surface area contributed by atoms with Gasteiger partial charge in [-0.2, -0.15) is 0 Å². The van der Waals surface area contributed by atoms with Crippen LogP contribution in [-0.4, -0.2) is 13.0 Å². The molecule has 0 atom stereocenters. The first kappa shape index (κ1) is 14.2. The number of benzene rings is 2. The number of para-hydroxylation sites is 2. The highest BCUT2D eigenvalue weighted by Gasteiger charge is 2.16. The van der Waals surface area contributed by atoms with Crippen molar-refractivity contribution in [3.8, 4) is 5.75 Å². The van der Waals surface area contributed by atoms with Gasteiger partial charge in [-0.3, -0.25) is 4.79 Å². The molecule has 0 bridgehead atoms. The average molecular weight is 291 g/mol. The summed E-state index contributed by atoms with van der Waals surface area (Å²) >= 11 is 6.10. The lowest BCUT2D eigenvalue weighted by Gasteiger charge is -2.13. The van der Waals surface area contributed by atoms with E-state index in [4.69, 9.17) is 22.1 Å². The maximum Gasteiger partial charge on any atom is 0.259 e. The second kappa shape index (κ2) is 5.84. The molecule has 0 radical (unpaired) electrons. The van der Waals surface area contributed by atoms with Crippen LogP contribution in [0, 0.1) is 6.92 Å². The molecule has 0 saturated carbocycles. The lowest BCUT2D eigenvalue weighted by Crippen LogP contribution is -2.15. The van der Waals surface area contributed by atoms with E-state index in [0.717, 1.165) is 5.56 Å². The number of carbonyl (C=O) groups excluding carboxylic acids is 1. The lowest BCUT2D eigenvalue weighted by molar-refractivity contribution is 0.102. The van der Waals surface area contributed by atoms with E-state index in [9.17, 15) is 4.79 Å². The number of halogens is 1. The van der Waals surface area contributed by atoms with E-state index in [2.05, 4.69) is 5.32 Å². The van der Waals surface area contributed by atoms with Crippen molar-refractivity contribution < 1.29 is 9.53 Å². The van der Waals surface area contributed by atoms with Crippen LogP contribution in [0.25, 0.3) is 0 Å². The average Bonchev–Trinajstić information content (AvgIpc) is 2.42. The Kier molecular flexibility index (Phi) is 4.15. The zero-order chi connectivity index (χ0) is 14.7. The van der Waals surface area contributed by atoms with Gasteiger partial charge >= 0.3 is 0 Å². The van der Waals surface area contributed by atoms with E-state index in [1.54, 1.807) is 24.3 Å². The number of rotatable bonds is 3. The molecule has 4 nitrogen and oxygen atoms in total. The zero-order valence-electron chi connectivity index (χ0n) is 11.2. The first-order valence-corrected chi connectivity index (χ1v) is 6.41. The maximum absolute atomic E-state index is 12.3. The third-order valence-electron chi connectivity index (χ3n) is 2.95. The monoisotopic (exact) mass is 290 g/mol. The number of nitrogens with two attached hydrogens (primary N) is 1. The number of methoxy groups -OCH3 is 1. The van der Waals surface area contributed by atoms with E-state index in [1.807, 2.05) is 19.1 Å². The van der Waals surface area contributed by atoms with Crippen molar-refractivity contribution in [3.05, 3.63) is 52.5 Å². The van der Waals surface area contributed by atoms with Gasteiger partial charge in [0, 0.05) is 0 Å². The third-order valence-corrected chi connectivity index (χ3v) is 3.27. The van der Waals surface area contributed by atoms with Gasteiger partial charge in [0.25, 0.3) is 5.91 Å². The molecule has 104 valence electrons. The molecular weight excluding hydrogens is 276 g/mol. The van der Waals surface area contributed by atoms with Crippen molar-refractivity contribution in [2.24, 2.45) is 0 Å². The van der Waals surface area contributed by atoms with E-state index < -0.39 is 0 Å². The molecule has 20 heavy (non-hydrogen) atoms. The summed E-state index contributed by atoms with van der Waals surface area (Å²) in [6.45, 7) is 1.87. The van der Waals surface area contributed by atoms with Crippen LogP contribution in [0.4, 0.5) is 11.4 Å². The Morgan fingerprint density at radius 2 is 1.95 bits per heavy atom. The van der Waals surface area contributed by atoms with Crippen LogP contribution in [0.5, 0.6) is 5.75 Å². The van der Waals surface area contributed by atoms with Crippen LogP contribution < -0.4 is 15.8 Å². The van der Waals surface area contributed by atoms with Crippen LogP contribution in [0.1, 0.15) is 15.9 Å². The molecule has 2 aromatic carbocycles. The molecule has 0 saturated heterocycles. The standard InChI is InChI=1S/C15H15ClN2O2/c1-9-5-3-7-11(16)13(9)18-15(19)10-6-4-8-12(17)14(10)20-2/h3-8H,17H2,1-2H3,(H,18,19). The van der Waals surface area contributed by atoms with Crippen LogP contribution >= 0.6 is 11.6 Å². The zero-order valence-corrected chi connectivity index (χ0v) is 12.0. The molecule has 5 heteroatoms. The number of nitrogen functional groups attached to an aromatic ring is 1. The van der Waals surface area contributed by atoms with Crippen molar-refractivity contribution in [1.82, 2.24) is 0 Å². The summed E-state index contributed by atoms with van der Waals surface area (Å²) in [5, 5.41) is 3.28. The SMILES string of the molecule is COc1c(N)cccc1C(=O)Nc1c(C)cccc1Cl. The highest BCUT2D eigenvalue weighted by Crippen LogP contribution is 2.29. The van der Waals surface area contributed by atoms with Gasteiger partial charge in [-0.15, -0.1) is 0 Å². The summed E-state index contributed by atoms with van der Waals surface area (Å²) in [4.78, 5) is 12.3. The van der Waals surface area contributed by atoms with Crippen LogP contribution in [0.2, 0.25) is 5.02 Å². The molecule has 2 rings (SSSR count). The highest BCUT2D eigenvalue weighted by atomic mass is 35.5. The van der Waals surface area contributed by atoms with Gasteiger partial charge in [-0.05, 0) is 30.7 Å². The van der Waals surface area contributed by atoms with E-state index in [0.29, 0.717) is 27.7 Å². The first-order chi connectivity index (χ1) is 9.54. The topological polar surface area (TPSA) is 64.3 Å². The Labute approximate surface area is 122 Å². The number of ether oxygens (including phenoxy) is 1. The Morgan fingerprint density at radius 1 is 1.25 bits per heavy atom. The highest BCUT2D eigenvalue weighted by molar-refractivity contribution is 6.34. The van der Waals surface area contributed by atoms with E-state index in [1.165, 1.54) is 7.11 Å². The Hall–Kier alpha value is -2.20. The van der Waals surface area contributed by atoms with Crippen molar-refractivity contribution in [1.29, 1.82) is 0 Å². The van der Waals surface area contributed by atoms with Gasteiger partial charge in [0.05, 0.1) is 29.1 Å². The van der Waals surface area contributed by atoms with Gasteiger partial charge < -0.3 is 15.8 Å². The van der Waals surface area contributed by atoms with Crippen molar-refractivity contribution in [2.75, 3.05) is 18.2 Å². The summed E-state index contributed by atoms with van der Waals surface area (Å²) in [6, 6.07) is 10.5. The van der Waals surface area contributed by atoms with Gasteiger partial charge in [0.15, 0.2) is 5.75 Å². The van der Waals surface area contributed by atoms with E-state index in [-0.39, 0.29) is 5.91 Å². The minimum Gasteiger partial charge on any atom is -0.494 e. The van der Waals surface area contributed by atoms with Crippen molar-refractivity contribution in [2.45, 2.75) is 6.92 Å². The molecule has 0 spiro atoms. The third kappa shape index (κ3) is 2.70. The molecule has 0 heterocycles. The molecule has 3 N–H and O–H groups in total. The van der Waals surface area contributed by atoms with Crippen molar-refractivity contribution >= 4 is 28.9 Å². The number of aryl methyl sites for hydroxylation is 1. The van der Waals surface area contributed by atoms with Gasteiger partial charge in [-0.1, -0.05) is 29.8 Å². The Balaban J connectivity index is 2.36. The second-order valence-corrected chi connectivity index (χ2v) is 4.72. The molecule has 2 aromatic rings. The fourth-order valence-corrected chi connectivity index (χ4v) is 2.20. The molecule has 0 aliphatic rings. The summed E-state index contributed by atoms with van der Waals surface area (Å²) < 4.78 is 5.18. The lowest BCUT2D eigenvalue weighted by atomic mass is 10.1. The minimum atomic E-state index is -0.314. The van der Waals surface area contributed by atoms with Gasteiger partial charge in [0.2, 0.25) is 0 Å². The van der Waals surface area contributed by atoms with E-state index >= 15 is 0 Å². The molecule has 0 aromatic heterocycles. The molecule has 0 aliphatic carbocycles. The van der Waals surface area contributed by atoms with Crippen LogP contribution in [0.15, 0.2) is 36.4 Å². The van der Waals surface area contributed by atoms with Crippen molar-refractivity contribution in [3.63, 3.8) is 0 Å². The normalized spacial score (nSPS) is 10.2. The Bertz CT molecular complexity index is 636. The number of carbonyl (C=O) groups is 1. The second-order valence-electron chi connectivity index (χ2n) is 4.31. The summed E-state index contributed by atoms with van der Waals surface area (Å²) in [7, 11) is 1.48. The largest absolute Gasteiger partial charge is 0.494 e. The first-order valence-electron chi connectivity index (χ1n) is 6.03. The van der Waals surface area contributed by atoms with Crippen LogP contribution in [-0.2, 0) is 0 Å². The smallest absolute Gasteiger partial charge is 0.259 e. The number of hydrogen-bond donors (Lipinski definition) is 2. The fourth-order valence-electron chi connectivity index (χ4n) is 1.93.